The van der Waals surface area contributed by atoms with Gasteiger partial charge in [0.2, 0.25) is 0 Å². The van der Waals surface area contributed by atoms with Gasteiger partial charge in [-0.05, 0) is 62.3 Å². The first kappa shape index (κ1) is 22.0. The lowest BCUT2D eigenvalue weighted by atomic mass is 10.1. The second-order valence-corrected chi connectivity index (χ2v) is 8.36. The summed E-state index contributed by atoms with van der Waals surface area (Å²) in [6.45, 7) is 2.45. The number of ether oxygens (including phenoxy) is 1. The van der Waals surface area contributed by atoms with Gasteiger partial charge in [0, 0.05) is 18.3 Å². The minimum absolute atomic E-state index is 0.000305. The average Bonchev–Trinajstić information content (AvgIpc) is 3.67. The summed E-state index contributed by atoms with van der Waals surface area (Å²) < 4.78 is 13.0. The molecule has 2 aromatic heterocycles. The predicted molar refractivity (Wildman–Crippen MR) is 130 cm³/mol. The fourth-order valence-electron chi connectivity index (χ4n) is 4.52. The molecule has 34 heavy (non-hydrogen) atoms. The first-order valence-electron chi connectivity index (χ1n) is 11.6. The van der Waals surface area contributed by atoms with Crippen LogP contribution in [0.3, 0.4) is 0 Å². The molecular formula is C27H28N4O3. The molecule has 7 heteroatoms. The summed E-state index contributed by atoms with van der Waals surface area (Å²) in [7, 11) is 1.62. The second-order valence-electron chi connectivity index (χ2n) is 8.36. The molecule has 174 valence electrons. The summed E-state index contributed by atoms with van der Waals surface area (Å²) in [6.07, 6.45) is 5.79. The standard InChI is InChI=1S/C27H28N4O3/c1-33-24-13-6-5-12-21(24)26-22(19-31(29-26)20-10-3-2-4-11-20)27(32)28-18-23(25-14-9-17-34-25)30-15-7-8-16-30/h2-6,9-14,17,19,23H,7-8,15-16,18H2,1H3,(H,28,32). The summed E-state index contributed by atoms with van der Waals surface area (Å²) in [5.41, 5.74) is 2.72. The van der Waals surface area contributed by atoms with E-state index in [1.807, 2.05) is 66.7 Å². The zero-order valence-electron chi connectivity index (χ0n) is 19.2. The Morgan fingerprint density at radius 1 is 1.06 bits per heavy atom. The Bertz CT molecular complexity index is 1230. The zero-order chi connectivity index (χ0) is 23.3. The van der Waals surface area contributed by atoms with Crippen molar-refractivity contribution in [3.63, 3.8) is 0 Å². The van der Waals surface area contributed by atoms with Gasteiger partial charge in [0.05, 0.1) is 30.7 Å². The van der Waals surface area contributed by atoms with Crippen LogP contribution >= 0.6 is 0 Å². The topological polar surface area (TPSA) is 72.5 Å². The van der Waals surface area contributed by atoms with E-state index in [1.165, 1.54) is 0 Å². The van der Waals surface area contributed by atoms with E-state index in [4.69, 9.17) is 14.3 Å². The Balaban J connectivity index is 1.46. The Morgan fingerprint density at radius 2 is 1.82 bits per heavy atom. The summed E-state index contributed by atoms with van der Waals surface area (Å²) in [6, 6.07) is 21.3. The van der Waals surface area contributed by atoms with Crippen LogP contribution in [0.25, 0.3) is 16.9 Å². The molecule has 1 atom stereocenters. The summed E-state index contributed by atoms with van der Waals surface area (Å²) >= 11 is 0. The first-order chi connectivity index (χ1) is 16.7. The fourth-order valence-corrected chi connectivity index (χ4v) is 4.52. The minimum Gasteiger partial charge on any atom is -0.496 e. The third-order valence-electron chi connectivity index (χ3n) is 6.25. The van der Waals surface area contributed by atoms with Crippen LogP contribution in [-0.4, -0.2) is 47.3 Å². The number of nitrogens with zero attached hydrogens (tertiary/aromatic N) is 3. The number of para-hydroxylation sites is 2. The van der Waals surface area contributed by atoms with Gasteiger partial charge in [0.15, 0.2) is 0 Å². The third kappa shape index (κ3) is 4.47. The van der Waals surface area contributed by atoms with Crippen LogP contribution in [0.1, 0.15) is 35.0 Å². The van der Waals surface area contributed by atoms with E-state index < -0.39 is 0 Å². The highest BCUT2D eigenvalue weighted by Crippen LogP contribution is 2.32. The van der Waals surface area contributed by atoms with Crippen molar-refractivity contribution in [3.8, 4) is 22.7 Å². The van der Waals surface area contributed by atoms with Crippen LogP contribution in [0.5, 0.6) is 5.75 Å². The molecule has 1 aliphatic heterocycles. The lowest BCUT2D eigenvalue weighted by Crippen LogP contribution is -2.36. The molecule has 1 aliphatic rings. The molecule has 4 aromatic rings. The highest BCUT2D eigenvalue weighted by molar-refractivity contribution is 6.00. The monoisotopic (exact) mass is 456 g/mol. The van der Waals surface area contributed by atoms with Gasteiger partial charge in [0.25, 0.3) is 5.91 Å². The Hall–Kier alpha value is -3.84. The minimum atomic E-state index is -0.182. The molecule has 1 unspecified atom stereocenters. The van der Waals surface area contributed by atoms with Gasteiger partial charge < -0.3 is 14.5 Å². The number of hydrogen-bond donors (Lipinski definition) is 1. The van der Waals surface area contributed by atoms with Gasteiger partial charge >= 0.3 is 0 Å². The number of amides is 1. The van der Waals surface area contributed by atoms with E-state index in [1.54, 1.807) is 24.3 Å². The molecule has 1 N–H and O–H groups in total. The molecule has 2 aromatic carbocycles. The zero-order valence-corrected chi connectivity index (χ0v) is 19.2. The van der Waals surface area contributed by atoms with Gasteiger partial charge in [-0.25, -0.2) is 4.68 Å². The van der Waals surface area contributed by atoms with Crippen molar-refractivity contribution in [2.24, 2.45) is 0 Å². The van der Waals surface area contributed by atoms with Crippen LogP contribution in [0, 0.1) is 0 Å². The SMILES string of the molecule is COc1ccccc1-c1nn(-c2ccccc2)cc1C(=O)NCC(c1ccco1)N1CCCC1. The quantitative estimate of drug-likeness (QED) is 0.416. The van der Waals surface area contributed by atoms with Gasteiger partial charge in [0.1, 0.15) is 17.2 Å². The van der Waals surface area contributed by atoms with Crippen molar-refractivity contribution in [1.29, 1.82) is 0 Å². The lowest BCUT2D eigenvalue weighted by Gasteiger charge is -2.26. The smallest absolute Gasteiger partial charge is 0.255 e. The lowest BCUT2D eigenvalue weighted by molar-refractivity contribution is 0.0934. The van der Waals surface area contributed by atoms with Crippen molar-refractivity contribution in [1.82, 2.24) is 20.0 Å². The third-order valence-corrected chi connectivity index (χ3v) is 6.25. The number of carbonyl (C=O) groups is 1. The molecule has 7 nitrogen and oxygen atoms in total. The Kier molecular flexibility index (Phi) is 6.44. The first-order valence-corrected chi connectivity index (χ1v) is 11.6. The van der Waals surface area contributed by atoms with Crippen molar-refractivity contribution in [2.45, 2.75) is 18.9 Å². The van der Waals surface area contributed by atoms with Gasteiger partial charge in [-0.3, -0.25) is 9.69 Å². The van der Waals surface area contributed by atoms with Gasteiger partial charge in [-0.2, -0.15) is 5.10 Å². The van der Waals surface area contributed by atoms with Crippen molar-refractivity contribution < 1.29 is 13.9 Å². The van der Waals surface area contributed by atoms with Gasteiger partial charge in [-0.15, -0.1) is 0 Å². The maximum atomic E-state index is 13.5. The van der Waals surface area contributed by atoms with Crippen molar-refractivity contribution in [2.75, 3.05) is 26.7 Å². The number of benzene rings is 2. The van der Waals surface area contributed by atoms with Crippen molar-refractivity contribution in [3.05, 3.63) is 90.5 Å². The van der Waals surface area contributed by atoms with Crippen LogP contribution in [-0.2, 0) is 0 Å². The van der Waals surface area contributed by atoms with Crippen molar-refractivity contribution >= 4 is 5.91 Å². The van der Waals surface area contributed by atoms with Crippen LogP contribution in [0.15, 0.2) is 83.6 Å². The number of hydrogen-bond acceptors (Lipinski definition) is 5. The Morgan fingerprint density at radius 3 is 2.56 bits per heavy atom. The second kappa shape index (κ2) is 9.97. The molecular weight excluding hydrogens is 428 g/mol. The highest BCUT2D eigenvalue weighted by Gasteiger charge is 2.27. The van der Waals surface area contributed by atoms with E-state index in [9.17, 15) is 4.79 Å². The molecule has 0 bridgehead atoms. The highest BCUT2D eigenvalue weighted by atomic mass is 16.5. The molecule has 1 amide bonds. The van der Waals surface area contributed by atoms with Crippen LogP contribution < -0.4 is 10.1 Å². The molecule has 1 fully saturated rings. The van der Waals surface area contributed by atoms with Crippen LogP contribution in [0.4, 0.5) is 0 Å². The van der Waals surface area contributed by atoms with E-state index >= 15 is 0 Å². The normalized spacial score (nSPS) is 14.7. The van der Waals surface area contributed by atoms with Gasteiger partial charge in [-0.1, -0.05) is 30.3 Å². The predicted octanol–water partition coefficient (Wildman–Crippen LogP) is 4.71. The van der Waals surface area contributed by atoms with E-state index in [-0.39, 0.29) is 11.9 Å². The van der Waals surface area contributed by atoms with E-state index in [2.05, 4.69) is 10.2 Å². The molecule has 0 radical (unpaired) electrons. The fraction of sp³-hybridized carbons (Fsp3) is 0.259. The average molecular weight is 457 g/mol. The molecule has 3 heterocycles. The number of nitrogens with one attached hydrogen (secondary N) is 1. The maximum absolute atomic E-state index is 13.5. The number of methoxy groups -OCH3 is 1. The largest absolute Gasteiger partial charge is 0.496 e. The summed E-state index contributed by atoms with van der Waals surface area (Å²) in [4.78, 5) is 15.9. The molecule has 5 rings (SSSR count). The number of aromatic nitrogens is 2. The summed E-state index contributed by atoms with van der Waals surface area (Å²) in [5.74, 6) is 1.35. The molecule has 0 spiro atoms. The number of carbonyl (C=O) groups excluding carboxylic acids is 1. The number of rotatable bonds is 8. The molecule has 0 saturated carbocycles. The Labute approximate surface area is 199 Å². The number of furan rings is 1. The summed E-state index contributed by atoms with van der Waals surface area (Å²) in [5, 5.41) is 7.92. The van der Waals surface area contributed by atoms with E-state index in [0.29, 0.717) is 23.6 Å². The van der Waals surface area contributed by atoms with E-state index in [0.717, 1.165) is 42.9 Å². The van der Waals surface area contributed by atoms with Crippen LogP contribution in [0.2, 0.25) is 0 Å². The number of likely N-dealkylation sites (tertiary alicyclic amines) is 1. The molecule has 1 saturated heterocycles. The maximum Gasteiger partial charge on any atom is 0.255 e. The molecule has 0 aliphatic carbocycles.